The number of fused-ring (bicyclic) bond motifs is 1. The first-order valence-electron chi connectivity index (χ1n) is 6.76. The number of aromatic carboxylic acids is 1. The summed E-state index contributed by atoms with van der Waals surface area (Å²) >= 11 is 12.1. The second-order valence-electron chi connectivity index (χ2n) is 5.03. The van der Waals surface area contributed by atoms with Crippen LogP contribution in [0.15, 0.2) is 22.6 Å². The molecule has 0 saturated carbocycles. The highest BCUT2D eigenvalue weighted by atomic mass is 35.5. The molecule has 3 aromatic rings. The molecule has 2 aromatic heterocycles. The molecule has 0 aliphatic carbocycles. The Labute approximate surface area is 136 Å². The lowest BCUT2D eigenvalue weighted by molar-refractivity contribution is 0.0692. The standard InChI is InChI=1S/C16H13Cl2NO3/c1-3-11-7(2)22-15-12(14(16(20)21)19-13(11)15)8-4-9(17)6-10(18)5-8/h4-6,19H,3H2,1-2H3,(H,20,21). The van der Waals surface area contributed by atoms with Gasteiger partial charge in [0.15, 0.2) is 5.58 Å². The molecule has 0 atom stereocenters. The summed E-state index contributed by atoms with van der Waals surface area (Å²) in [5.41, 5.74) is 3.35. The highest BCUT2D eigenvalue weighted by molar-refractivity contribution is 6.35. The maximum atomic E-state index is 11.6. The molecule has 1 aromatic carbocycles. The van der Waals surface area contributed by atoms with E-state index in [1.807, 2.05) is 13.8 Å². The largest absolute Gasteiger partial charge is 0.477 e. The van der Waals surface area contributed by atoms with Crippen molar-refractivity contribution in [3.05, 3.63) is 45.3 Å². The van der Waals surface area contributed by atoms with Gasteiger partial charge >= 0.3 is 5.97 Å². The molecule has 2 N–H and O–H groups in total. The fourth-order valence-electron chi connectivity index (χ4n) is 2.75. The van der Waals surface area contributed by atoms with Crippen LogP contribution in [0.5, 0.6) is 0 Å². The lowest BCUT2D eigenvalue weighted by Gasteiger charge is -2.03. The van der Waals surface area contributed by atoms with Gasteiger partial charge in [-0.2, -0.15) is 0 Å². The van der Waals surface area contributed by atoms with Gasteiger partial charge in [-0.15, -0.1) is 0 Å². The van der Waals surface area contributed by atoms with Gasteiger partial charge in [0.25, 0.3) is 0 Å². The number of H-pyrrole nitrogens is 1. The number of aryl methyl sites for hydroxylation is 2. The Balaban J connectivity index is 2.39. The quantitative estimate of drug-likeness (QED) is 0.681. The van der Waals surface area contributed by atoms with Crippen molar-refractivity contribution < 1.29 is 14.3 Å². The number of nitrogens with one attached hydrogen (secondary N) is 1. The first kappa shape index (κ1) is 15.0. The number of carboxylic acid groups (broad SMARTS) is 1. The third-order valence-corrected chi connectivity index (χ3v) is 4.09. The molecule has 0 unspecified atom stereocenters. The number of rotatable bonds is 3. The molecule has 4 nitrogen and oxygen atoms in total. The topological polar surface area (TPSA) is 66.2 Å². The number of carboxylic acids is 1. The van der Waals surface area contributed by atoms with E-state index in [9.17, 15) is 9.90 Å². The molecule has 0 fully saturated rings. The second-order valence-corrected chi connectivity index (χ2v) is 5.91. The lowest BCUT2D eigenvalue weighted by atomic mass is 10.0. The minimum atomic E-state index is -1.06. The molecule has 2 heterocycles. The van der Waals surface area contributed by atoms with Crippen LogP contribution in [0.25, 0.3) is 22.2 Å². The van der Waals surface area contributed by atoms with Gasteiger partial charge < -0.3 is 14.5 Å². The number of aromatic nitrogens is 1. The van der Waals surface area contributed by atoms with Crippen LogP contribution in [0.1, 0.15) is 28.7 Å². The van der Waals surface area contributed by atoms with Crippen molar-refractivity contribution in [2.24, 2.45) is 0 Å². The number of hydrogen-bond acceptors (Lipinski definition) is 2. The maximum absolute atomic E-state index is 11.6. The lowest BCUT2D eigenvalue weighted by Crippen LogP contribution is -1.99. The minimum absolute atomic E-state index is 0.0711. The van der Waals surface area contributed by atoms with E-state index in [4.69, 9.17) is 27.6 Å². The van der Waals surface area contributed by atoms with Gasteiger partial charge in [-0.3, -0.25) is 0 Å². The number of carbonyl (C=O) groups is 1. The summed E-state index contributed by atoms with van der Waals surface area (Å²) in [5.74, 6) is -0.285. The Bertz CT molecular complexity index is 872. The smallest absolute Gasteiger partial charge is 0.353 e. The van der Waals surface area contributed by atoms with Crippen LogP contribution in [0.3, 0.4) is 0 Å². The van der Waals surface area contributed by atoms with Gasteiger partial charge in [0.2, 0.25) is 0 Å². The molecule has 0 radical (unpaired) electrons. The average molecular weight is 338 g/mol. The molecule has 3 rings (SSSR count). The molecule has 0 spiro atoms. The molecule has 0 saturated heterocycles. The highest BCUT2D eigenvalue weighted by Crippen LogP contribution is 2.38. The predicted octanol–water partition coefficient (Wildman–Crippen LogP) is 5.30. The molecule has 0 aliphatic rings. The molecule has 22 heavy (non-hydrogen) atoms. The Morgan fingerprint density at radius 1 is 1.27 bits per heavy atom. The fourth-order valence-corrected chi connectivity index (χ4v) is 3.27. The van der Waals surface area contributed by atoms with Crippen LogP contribution in [0.2, 0.25) is 10.0 Å². The van der Waals surface area contributed by atoms with Gasteiger partial charge in [0.1, 0.15) is 11.5 Å². The van der Waals surface area contributed by atoms with Crippen LogP contribution < -0.4 is 0 Å². The monoisotopic (exact) mass is 337 g/mol. The summed E-state index contributed by atoms with van der Waals surface area (Å²) in [6.07, 6.45) is 0.744. The first-order chi connectivity index (χ1) is 10.4. The summed E-state index contributed by atoms with van der Waals surface area (Å²) in [5, 5.41) is 10.4. The number of aromatic amines is 1. The molecular formula is C16H13Cl2NO3. The van der Waals surface area contributed by atoms with Crippen LogP contribution in [0, 0.1) is 6.92 Å². The molecule has 0 aliphatic heterocycles. The van der Waals surface area contributed by atoms with E-state index < -0.39 is 5.97 Å². The Kier molecular flexibility index (Phi) is 3.67. The number of halogens is 2. The Morgan fingerprint density at radius 2 is 1.91 bits per heavy atom. The summed E-state index contributed by atoms with van der Waals surface area (Å²) in [4.78, 5) is 14.5. The summed E-state index contributed by atoms with van der Waals surface area (Å²) < 4.78 is 5.81. The Morgan fingerprint density at radius 3 is 2.45 bits per heavy atom. The number of furan rings is 1. The van der Waals surface area contributed by atoms with Crippen molar-refractivity contribution in [3.63, 3.8) is 0 Å². The van der Waals surface area contributed by atoms with Gasteiger partial charge in [0.05, 0.1) is 11.1 Å². The summed E-state index contributed by atoms with van der Waals surface area (Å²) in [6.45, 7) is 3.86. The van der Waals surface area contributed by atoms with E-state index in [2.05, 4.69) is 4.98 Å². The molecule has 6 heteroatoms. The second kappa shape index (κ2) is 5.38. The van der Waals surface area contributed by atoms with E-state index >= 15 is 0 Å². The molecule has 114 valence electrons. The SMILES string of the molecule is CCc1c(C)oc2c(-c3cc(Cl)cc(Cl)c3)c(C(=O)O)[nH]c12. The van der Waals surface area contributed by atoms with Crippen LogP contribution in [-0.4, -0.2) is 16.1 Å². The molecular weight excluding hydrogens is 325 g/mol. The predicted molar refractivity (Wildman–Crippen MR) is 87.1 cm³/mol. The summed E-state index contributed by atoms with van der Waals surface area (Å²) in [7, 11) is 0. The normalized spacial score (nSPS) is 11.3. The fraction of sp³-hybridized carbons (Fsp3) is 0.188. The van der Waals surface area contributed by atoms with E-state index in [1.54, 1.807) is 18.2 Å². The highest BCUT2D eigenvalue weighted by Gasteiger charge is 2.24. The van der Waals surface area contributed by atoms with Gasteiger partial charge in [-0.05, 0) is 37.1 Å². The summed E-state index contributed by atoms with van der Waals surface area (Å²) in [6, 6.07) is 4.94. The van der Waals surface area contributed by atoms with Crippen LogP contribution in [0.4, 0.5) is 0 Å². The zero-order chi connectivity index (χ0) is 16.0. The number of benzene rings is 1. The van der Waals surface area contributed by atoms with Crippen molar-refractivity contribution in [3.8, 4) is 11.1 Å². The van der Waals surface area contributed by atoms with E-state index in [0.29, 0.717) is 32.3 Å². The van der Waals surface area contributed by atoms with Crippen molar-refractivity contribution in [1.82, 2.24) is 4.98 Å². The van der Waals surface area contributed by atoms with Crippen LogP contribution in [-0.2, 0) is 6.42 Å². The third kappa shape index (κ3) is 2.28. The van der Waals surface area contributed by atoms with Gasteiger partial charge in [0, 0.05) is 15.6 Å². The zero-order valence-electron chi connectivity index (χ0n) is 12.0. The average Bonchev–Trinajstić information content (AvgIpc) is 2.91. The van der Waals surface area contributed by atoms with E-state index in [-0.39, 0.29) is 5.69 Å². The maximum Gasteiger partial charge on any atom is 0.353 e. The van der Waals surface area contributed by atoms with E-state index in [0.717, 1.165) is 17.7 Å². The third-order valence-electron chi connectivity index (χ3n) is 3.65. The van der Waals surface area contributed by atoms with E-state index in [1.165, 1.54) is 0 Å². The molecule has 0 amide bonds. The van der Waals surface area contributed by atoms with Gasteiger partial charge in [-0.1, -0.05) is 30.1 Å². The number of hydrogen-bond donors (Lipinski definition) is 2. The minimum Gasteiger partial charge on any atom is -0.477 e. The van der Waals surface area contributed by atoms with Crippen molar-refractivity contribution >= 4 is 40.3 Å². The van der Waals surface area contributed by atoms with Crippen LogP contribution >= 0.6 is 23.2 Å². The van der Waals surface area contributed by atoms with Crippen molar-refractivity contribution in [1.29, 1.82) is 0 Å². The first-order valence-corrected chi connectivity index (χ1v) is 7.51. The van der Waals surface area contributed by atoms with Gasteiger partial charge in [-0.25, -0.2) is 4.79 Å². The van der Waals surface area contributed by atoms with Crippen molar-refractivity contribution in [2.75, 3.05) is 0 Å². The Hall–Kier alpha value is -1.91. The molecule has 0 bridgehead atoms. The van der Waals surface area contributed by atoms with Crippen molar-refractivity contribution in [2.45, 2.75) is 20.3 Å². The zero-order valence-corrected chi connectivity index (χ0v) is 13.5.